The Morgan fingerprint density at radius 3 is 2.86 bits per heavy atom. The highest BCUT2D eigenvalue weighted by atomic mass is 16.5. The SMILES string of the molecule is [C-]#[N+]C[C@H]1CN(c2nc(OCC34CCCN3CCC4)nc3cc(-c4cccc5c4C4CC4C5)cnc23)CCN1C(=O)C=C. The molecule has 9 heteroatoms. The molecule has 1 aromatic carbocycles. The van der Waals surface area contributed by atoms with Crippen molar-refractivity contribution in [2.24, 2.45) is 5.92 Å². The maximum Gasteiger partial charge on any atom is 0.319 e. The number of anilines is 1. The second-order valence-electron chi connectivity index (χ2n) is 13.0. The van der Waals surface area contributed by atoms with Gasteiger partial charge in [-0.15, -0.1) is 0 Å². The van der Waals surface area contributed by atoms with E-state index in [1.165, 1.54) is 48.4 Å². The van der Waals surface area contributed by atoms with Crippen LogP contribution in [0.4, 0.5) is 5.82 Å². The molecule has 0 spiro atoms. The molecule has 43 heavy (non-hydrogen) atoms. The average Bonchev–Trinajstić information content (AvgIpc) is 3.32. The van der Waals surface area contributed by atoms with Crippen molar-refractivity contribution in [1.29, 1.82) is 0 Å². The van der Waals surface area contributed by atoms with E-state index in [1.54, 1.807) is 4.90 Å². The molecular weight excluding hydrogens is 538 g/mol. The first-order valence-corrected chi connectivity index (χ1v) is 15.8. The van der Waals surface area contributed by atoms with Crippen LogP contribution in [-0.4, -0.2) is 88.1 Å². The summed E-state index contributed by atoms with van der Waals surface area (Å²) in [6, 6.07) is 8.93. The predicted octanol–water partition coefficient (Wildman–Crippen LogP) is 4.48. The minimum absolute atomic E-state index is 0.0847. The molecule has 3 saturated heterocycles. The van der Waals surface area contributed by atoms with Crippen LogP contribution in [0.15, 0.2) is 43.1 Å². The van der Waals surface area contributed by atoms with Gasteiger partial charge in [-0.25, -0.2) is 6.57 Å². The summed E-state index contributed by atoms with van der Waals surface area (Å²) >= 11 is 0. The van der Waals surface area contributed by atoms with Crippen LogP contribution < -0.4 is 9.64 Å². The van der Waals surface area contributed by atoms with Crippen molar-refractivity contribution in [2.45, 2.75) is 56.0 Å². The van der Waals surface area contributed by atoms with E-state index in [0.717, 1.165) is 48.4 Å². The maximum atomic E-state index is 12.6. The van der Waals surface area contributed by atoms with Gasteiger partial charge in [-0.3, -0.25) is 14.7 Å². The van der Waals surface area contributed by atoms with Gasteiger partial charge >= 0.3 is 6.01 Å². The quantitative estimate of drug-likeness (QED) is 0.304. The van der Waals surface area contributed by atoms with Crippen LogP contribution in [0.2, 0.25) is 0 Å². The van der Waals surface area contributed by atoms with Crippen LogP contribution in [0.3, 0.4) is 0 Å². The lowest BCUT2D eigenvalue weighted by Crippen LogP contribution is -2.56. The van der Waals surface area contributed by atoms with Gasteiger partial charge in [0, 0.05) is 31.4 Å². The van der Waals surface area contributed by atoms with E-state index in [-0.39, 0.29) is 24.0 Å². The van der Waals surface area contributed by atoms with E-state index >= 15 is 0 Å². The second-order valence-corrected chi connectivity index (χ2v) is 13.0. The molecule has 1 amide bonds. The molecule has 0 bridgehead atoms. The standard InChI is InChI=1S/C34H37N7O2/c1-3-29(42)41-14-13-39(20-25(41)19-35-2)32-31-28(37-33(38-32)43-21-34-9-5-11-40(34)12-6-10-34)17-24(18-36-31)26-8-4-7-22-15-23-16-27(23)30(22)26/h3-4,7-8,17-18,23,25,27H,1,5-6,9-16,19-21H2/t23?,25-,27?/m0/s1. The summed E-state index contributed by atoms with van der Waals surface area (Å²) in [7, 11) is 0. The van der Waals surface area contributed by atoms with Crippen molar-refractivity contribution >= 4 is 22.8 Å². The fourth-order valence-electron chi connectivity index (χ4n) is 8.38. The molecule has 2 aromatic heterocycles. The summed E-state index contributed by atoms with van der Waals surface area (Å²) in [5.74, 6) is 2.05. The Morgan fingerprint density at radius 2 is 2.05 bits per heavy atom. The van der Waals surface area contributed by atoms with Crippen molar-refractivity contribution in [3.63, 3.8) is 0 Å². The summed E-state index contributed by atoms with van der Waals surface area (Å²) in [6.07, 6.45) is 10.5. The summed E-state index contributed by atoms with van der Waals surface area (Å²) in [5, 5.41) is 0. The number of hydrogen-bond acceptors (Lipinski definition) is 7. The van der Waals surface area contributed by atoms with Gasteiger partial charge in [0.25, 0.3) is 0 Å². The maximum absolute atomic E-state index is 12.6. The Balaban J connectivity index is 1.18. The molecule has 220 valence electrons. The predicted molar refractivity (Wildman–Crippen MR) is 165 cm³/mol. The van der Waals surface area contributed by atoms with Crippen LogP contribution in [0.1, 0.15) is 49.1 Å². The summed E-state index contributed by atoms with van der Waals surface area (Å²) in [6.45, 7) is 15.8. The van der Waals surface area contributed by atoms with Crippen LogP contribution in [0.5, 0.6) is 6.01 Å². The number of fused-ring (bicyclic) bond motifs is 5. The molecule has 0 N–H and O–H groups in total. The van der Waals surface area contributed by atoms with Gasteiger partial charge in [-0.2, -0.15) is 9.97 Å². The van der Waals surface area contributed by atoms with Crippen LogP contribution in [-0.2, 0) is 11.2 Å². The number of hydrogen-bond donors (Lipinski definition) is 0. The topological polar surface area (TPSA) is 79.1 Å². The zero-order chi connectivity index (χ0) is 29.1. The molecule has 2 aliphatic carbocycles. The van der Waals surface area contributed by atoms with E-state index in [0.29, 0.717) is 44.0 Å². The first-order chi connectivity index (χ1) is 21.1. The molecule has 3 aromatic rings. The van der Waals surface area contributed by atoms with Crippen LogP contribution >= 0.6 is 0 Å². The minimum Gasteiger partial charge on any atom is -0.461 e. The number of aromatic nitrogens is 3. The summed E-state index contributed by atoms with van der Waals surface area (Å²) < 4.78 is 6.48. The Kier molecular flexibility index (Phi) is 6.37. The Hall–Kier alpha value is -4.03. The molecular formula is C34H37N7O2. The van der Waals surface area contributed by atoms with Gasteiger partial charge in [0.05, 0.1) is 11.1 Å². The van der Waals surface area contributed by atoms with Gasteiger partial charge in [0.1, 0.15) is 18.2 Å². The average molecular weight is 576 g/mol. The molecule has 9 nitrogen and oxygen atoms in total. The molecule has 1 saturated carbocycles. The number of ether oxygens (including phenoxy) is 1. The highest BCUT2D eigenvalue weighted by molar-refractivity contribution is 5.90. The van der Waals surface area contributed by atoms with Crippen LogP contribution in [0.25, 0.3) is 27.0 Å². The van der Waals surface area contributed by atoms with E-state index in [4.69, 9.17) is 26.3 Å². The lowest BCUT2D eigenvalue weighted by Gasteiger charge is -2.39. The molecule has 0 radical (unpaired) electrons. The van der Waals surface area contributed by atoms with Gasteiger partial charge in [-0.05, 0) is 92.3 Å². The number of carbonyl (C=O) groups is 1. The van der Waals surface area contributed by atoms with Gasteiger partial charge in [0.15, 0.2) is 5.82 Å². The molecule has 5 aliphatic rings. The Bertz CT molecular complexity index is 1650. The van der Waals surface area contributed by atoms with Crippen molar-refractivity contribution in [3.05, 3.63) is 65.7 Å². The van der Waals surface area contributed by atoms with Gasteiger partial charge < -0.3 is 19.4 Å². The largest absolute Gasteiger partial charge is 0.461 e. The molecule has 3 aliphatic heterocycles. The van der Waals surface area contributed by atoms with E-state index < -0.39 is 0 Å². The fraction of sp³-hybridized carbons (Fsp3) is 0.500. The summed E-state index contributed by atoms with van der Waals surface area (Å²) in [5.41, 5.74) is 6.88. The van der Waals surface area contributed by atoms with E-state index in [2.05, 4.69) is 45.5 Å². The van der Waals surface area contributed by atoms with E-state index in [1.807, 2.05) is 6.20 Å². The first kappa shape index (κ1) is 26.6. The van der Waals surface area contributed by atoms with Crippen molar-refractivity contribution in [2.75, 3.05) is 50.8 Å². The number of rotatable bonds is 7. The molecule has 4 fully saturated rings. The Labute approximate surface area is 252 Å². The second kappa shape index (κ2) is 10.3. The minimum atomic E-state index is -0.256. The van der Waals surface area contributed by atoms with Crippen molar-refractivity contribution < 1.29 is 9.53 Å². The molecule has 3 atom stereocenters. The number of piperazine rings is 1. The fourth-order valence-corrected chi connectivity index (χ4v) is 8.38. The smallest absolute Gasteiger partial charge is 0.319 e. The molecule has 2 unspecified atom stereocenters. The number of amides is 1. The Morgan fingerprint density at radius 1 is 1.19 bits per heavy atom. The number of benzene rings is 1. The zero-order valence-electron chi connectivity index (χ0n) is 24.5. The molecule has 8 rings (SSSR count). The van der Waals surface area contributed by atoms with Gasteiger partial charge in [-0.1, -0.05) is 24.8 Å². The monoisotopic (exact) mass is 575 g/mol. The zero-order valence-corrected chi connectivity index (χ0v) is 24.5. The van der Waals surface area contributed by atoms with Gasteiger partial charge in [0.2, 0.25) is 12.5 Å². The number of pyridine rings is 1. The first-order valence-electron chi connectivity index (χ1n) is 15.8. The lowest BCUT2D eigenvalue weighted by atomic mass is 9.95. The van der Waals surface area contributed by atoms with E-state index in [9.17, 15) is 4.79 Å². The highest BCUT2D eigenvalue weighted by Gasteiger charge is 2.47. The number of nitrogens with zero attached hydrogens (tertiary/aromatic N) is 7. The third-order valence-electron chi connectivity index (χ3n) is 10.6. The third-order valence-corrected chi connectivity index (χ3v) is 10.6. The third kappa shape index (κ3) is 4.46. The molecule has 5 heterocycles. The normalized spacial score (nSPS) is 25.2. The lowest BCUT2D eigenvalue weighted by molar-refractivity contribution is -0.128. The van der Waals surface area contributed by atoms with Crippen LogP contribution in [0, 0.1) is 12.5 Å². The van der Waals surface area contributed by atoms with Crippen molar-refractivity contribution in [1.82, 2.24) is 24.8 Å². The highest BCUT2D eigenvalue weighted by Crippen LogP contribution is 2.58. The number of carbonyl (C=O) groups excluding carboxylic acids is 1. The van der Waals surface area contributed by atoms with Crippen molar-refractivity contribution in [3.8, 4) is 17.1 Å². The summed E-state index contributed by atoms with van der Waals surface area (Å²) in [4.78, 5) is 37.6.